The number of rotatable bonds is 3. The fourth-order valence-corrected chi connectivity index (χ4v) is 2.01. The van der Waals surface area contributed by atoms with E-state index >= 15 is 0 Å². The summed E-state index contributed by atoms with van der Waals surface area (Å²) < 4.78 is 6.15. The second kappa shape index (κ2) is 5.75. The second-order valence-electron chi connectivity index (χ2n) is 6.07. The second-order valence-corrected chi connectivity index (χ2v) is 6.07. The van der Waals surface area contributed by atoms with Crippen molar-refractivity contribution in [2.24, 2.45) is 7.05 Å². The van der Waals surface area contributed by atoms with Gasteiger partial charge in [-0.2, -0.15) is 5.10 Å². The first-order valence-electron chi connectivity index (χ1n) is 6.92. The van der Waals surface area contributed by atoms with Crippen molar-refractivity contribution in [1.29, 1.82) is 0 Å². The standard InChI is InChI=1S/C15H20N4O3/c1-15(2,3)11-6-9(14(21)16-8-12(20)22-5)10-7-17-19(4)13(10)18-11/h6-7H,8H2,1-5H3,(H,16,21). The molecule has 2 aromatic heterocycles. The first-order chi connectivity index (χ1) is 10.2. The number of hydrogen-bond acceptors (Lipinski definition) is 5. The van der Waals surface area contributed by atoms with Crippen molar-refractivity contribution in [2.75, 3.05) is 13.7 Å². The average Bonchev–Trinajstić information content (AvgIpc) is 2.84. The molecule has 0 atom stereocenters. The highest BCUT2D eigenvalue weighted by Gasteiger charge is 2.22. The molecule has 0 aliphatic heterocycles. The Morgan fingerprint density at radius 1 is 1.36 bits per heavy atom. The molecular formula is C15H20N4O3. The Kier molecular flexibility index (Phi) is 4.16. The van der Waals surface area contributed by atoms with Gasteiger partial charge in [-0.1, -0.05) is 20.8 Å². The normalized spacial score (nSPS) is 11.5. The molecule has 0 bridgehead atoms. The Morgan fingerprint density at radius 3 is 2.64 bits per heavy atom. The van der Waals surface area contributed by atoms with Gasteiger partial charge in [0.25, 0.3) is 5.91 Å². The van der Waals surface area contributed by atoms with E-state index in [0.717, 1.165) is 5.69 Å². The molecule has 1 N–H and O–H groups in total. The lowest BCUT2D eigenvalue weighted by Crippen LogP contribution is -2.30. The predicted octanol–water partition coefficient (Wildman–Crippen LogP) is 1.17. The number of esters is 1. The van der Waals surface area contributed by atoms with Crippen molar-refractivity contribution in [2.45, 2.75) is 26.2 Å². The molecule has 0 aliphatic carbocycles. The van der Waals surface area contributed by atoms with Gasteiger partial charge in [0.2, 0.25) is 0 Å². The lowest BCUT2D eigenvalue weighted by molar-refractivity contribution is -0.139. The summed E-state index contributed by atoms with van der Waals surface area (Å²) in [6, 6.07) is 1.75. The van der Waals surface area contributed by atoms with Crippen molar-refractivity contribution >= 4 is 22.9 Å². The van der Waals surface area contributed by atoms with Crippen LogP contribution in [-0.4, -0.2) is 40.3 Å². The van der Waals surface area contributed by atoms with Gasteiger partial charge in [0.05, 0.1) is 24.3 Å². The number of nitrogens with one attached hydrogen (secondary N) is 1. The van der Waals surface area contributed by atoms with Crippen LogP contribution in [0.1, 0.15) is 36.8 Å². The van der Waals surface area contributed by atoms with Crippen LogP contribution >= 0.6 is 0 Å². The number of aromatic nitrogens is 3. The maximum absolute atomic E-state index is 12.4. The molecule has 2 heterocycles. The van der Waals surface area contributed by atoms with Crippen molar-refractivity contribution in [3.05, 3.63) is 23.5 Å². The Morgan fingerprint density at radius 2 is 2.05 bits per heavy atom. The Balaban J connectivity index is 2.47. The number of carbonyl (C=O) groups is 2. The van der Waals surface area contributed by atoms with E-state index in [2.05, 4.69) is 20.1 Å². The third-order valence-corrected chi connectivity index (χ3v) is 3.34. The van der Waals surface area contributed by atoms with Crippen LogP contribution in [0.4, 0.5) is 0 Å². The van der Waals surface area contributed by atoms with Gasteiger partial charge in [0.15, 0.2) is 5.65 Å². The van der Waals surface area contributed by atoms with Crippen LogP contribution in [0.5, 0.6) is 0 Å². The fraction of sp³-hybridized carbons (Fsp3) is 0.467. The zero-order valence-electron chi connectivity index (χ0n) is 13.4. The SMILES string of the molecule is COC(=O)CNC(=O)c1cc(C(C)(C)C)nc2c1cnn2C. The van der Waals surface area contributed by atoms with E-state index < -0.39 is 5.97 Å². The zero-order valence-corrected chi connectivity index (χ0v) is 13.4. The van der Waals surface area contributed by atoms with Crippen molar-refractivity contribution in [3.63, 3.8) is 0 Å². The van der Waals surface area contributed by atoms with E-state index in [0.29, 0.717) is 16.6 Å². The van der Waals surface area contributed by atoms with Gasteiger partial charge >= 0.3 is 5.97 Å². The quantitative estimate of drug-likeness (QED) is 0.860. The highest BCUT2D eigenvalue weighted by atomic mass is 16.5. The molecule has 0 radical (unpaired) electrons. The summed E-state index contributed by atoms with van der Waals surface area (Å²) in [4.78, 5) is 28.1. The maximum atomic E-state index is 12.4. The van der Waals surface area contributed by atoms with Gasteiger partial charge in [0.1, 0.15) is 6.54 Å². The van der Waals surface area contributed by atoms with Crippen LogP contribution in [-0.2, 0) is 22.0 Å². The van der Waals surface area contributed by atoms with Gasteiger partial charge in [-0.15, -0.1) is 0 Å². The number of ether oxygens (including phenoxy) is 1. The molecule has 0 fully saturated rings. The predicted molar refractivity (Wildman–Crippen MR) is 81.6 cm³/mol. The third-order valence-electron chi connectivity index (χ3n) is 3.34. The van der Waals surface area contributed by atoms with Crippen molar-refractivity contribution in [3.8, 4) is 0 Å². The number of amides is 1. The Labute approximate surface area is 128 Å². The topological polar surface area (TPSA) is 86.1 Å². The molecule has 7 heteroatoms. The molecule has 0 unspecified atom stereocenters. The van der Waals surface area contributed by atoms with E-state index in [1.54, 1.807) is 24.0 Å². The van der Waals surface area contributed by atoms with Gasteiger partial charge < -0.3 is 10.1 Å². The highest BCUT2D eigenvalue weighted by Crippen LogP contribution is 2.25. The summed E-state index contributed by atoms with van der Waals surface area (Å²) in [6.45, 7) is 5.89. The number of hydrogen-bond donors (Lipinski definition) is 1. The molecule has 0 aliphatic rings. The van der Waals surface area contributed by atoms with Crippen molar-refractivity contribution in [1.82, 2.24) is 20.1 Å². The summed E-state index contributed by atoms with van der Waals surface area (Å²) >= 11 is 0. The Hall–Kier alpha value is -2.44. The molecular weight excluding hydrogens is 284 g/mol. The average molecular weight is 304 g/mol. The monoisotopic (exact) mass is 304 g/mol. The van der Waals surface area contributed by atoms with Gasteiger partial charge in [0, 0.05) is 18.2 Å². The fourth-order valence-electron chi connectivity index (χ4n) is 2.01. The third kappa shape index (κ3) is 3.08. The lowest BCUT2D eigenvalue weighted by Gasteiger charge is -2.19. The van der Waals surface area contributed by atoms with Crippen LogP contribution < -0.4 is 5.32 Å². The Bertz CT molecular complexity index is 728. The number of fused-ring (bicyclic) bond motifs is 1. The molecule has 118 valence electrons. The first-order valence-corrected chi connectivity index (χ1v) is 6.92. The van der Waals surface area contributed by atoms with E-state index in [1.807, 2.05) is 20.8 Å². The molecule has 7 nitrogen and oxygen atoms in total. The number of methoxy groups -OCH3 is 1. The molecule has 2 aromatic rings. The number of pyridine rings is 1. The number of nitrogens with zero attached hydrogens (tertiary/aromatic N) is 3. The summed E-state index contributed by atoms with van der Waals surface area (Å²) in [5.74, 6) is -0.850. The van der Waals surface area contributed by atoms with Crippen LogP contribution in [0.25, 0.3) is 11.0 Å². The van der Waals surface area contributed by atoms with E-state index in [1.165, 1.54) is 7.11 Å². The summed E-state index contributed by atoms with van der Waals surface area (Å²) in [7, 11) is 3.05. The molecule has 0 spiro atoms. The summed E-state index contributed by atoms with van der Waals surface area (Å²) in [5.41, 5.74) is 1.66. The molecule has 22 heavy (non-hydrogen) atoms. The van der Waals surface area contributed by atoms with E-state index in [-0.39, 0.29) is 17.9 Å². The summed E-state index contributed by atoms with van der Waals surface area (Å²) in [6.07, 6.45) is 1.60. The summed E-state index contributed by atoms with van der Waals surface area (Å²) in [5, 5.41) is 7.36. The number of aryl methyl sites for hydroxylation is 1. The zero-order chi connectivity index (χ0) is 16.5. The lowest BCUT2D eigenvalue weighted by atomic mass is 9.90. The highest BCUT2D eigenvalue weighted by molar-refractivity contribution is 6.06. The van der Waals surface area contributed by atoms with Crippen LogP contribution in [0.3, 0.4) is 0 Å². The largest absolute Gasteiger partial charge is 0.468 e. The molecule has 0 saturated carbocycles. The van der Waals surface area contributed by atoms with Gasteiger partial charge in [-0.3, -0.25) is 14.3 Å². The molecule has 0 aromatic carbocycles. The minimum atomic E-state index is -0.499. The molecule has 0 saturated heterocycles. The molecule has 2 rings (SSSR count). The van der Waals surface area contributed by atoms with E-state index in [9.17, 15) is 9.59 Å². The van der Waals surface area contributed by atoms with Gasteiger partial charge in [-0.25, -0.2) is 4.98 Å². The van der Waals surface area contributed by atoms with Gasteiger partial charge in [-0.05, 0) is 6.07 Å². The van der Waals surface area contributed by atoms with Crippen LogP contribution in [0.2, 0.25) is 0 Å². The maximum Gasteiger partial charge on any atom is 0.325 e. The number of carbonyl (C=O) groups excluding carboxylic acids is 2. The van der Waals surface area contributed by atoms with Crippen LogP contribution in [0.15, 0.2) is 12.3 Å². The minimum Gasteiger partial charge on any atom is -0.468 e. The minimum absolute atomic E-state index is 0.176. The smallest absolute Gasteiger partial charge is 0.325 e. The van der Waals surface area contributed by atoms with Crippen LogP contribution in [0, 0.1) is 0 Å². The van der Waals surface area contributed by atoms with E-state index in [4.69, 9.17) is 0 Å². The molecule has 1 amide bonds. The first kappa shape index (κ1) is 15.9. The van der Waals surface area contributed by atoms with Crippen molar-refractivity contribution < 1.29 is 14.3 Å².